The molecule has 0 aromatic heterocycles. The van der Waals surface area contributed by atoms with Crippen molar-refractivity contribution in [3.8, 4) is 0 Å². The highest BCUT2D eigenvalue weighted by atomic mass is 16.6. The van der Waals surface area contributed by atoms with Crippen LogP contribution in [-0.4, -0.2) is 25.3 Å². The van der Waals surface area contributed by atoms with Crippen molar-refractivity contribution in [2.45, 2.75) is 6.10 Å². The van der Waals surface area contributed by atoms with Crippen LogP contribution in [0.1, 0.15) is 10.4 Å². The Kier molecular flexibility index (Phi) is 2.86. The molecule has 1 aliphatic rings. The number of carbonyl (C=O) groups excluding carboxylic acids is 1. The molecular weight excluding hydrogens is 264 g/mol. The Bertz CT molecular complexity index is 780. The Labute approximate surface area is 122 Å². The summed E-state index contributed by atoms with van der Waals surface area (Å²) >= 11 is 0. The first kappa shape index (κ1) is 12.4. The largest absolute Gasteiger partial charge is 0.459 e. The van der Waals surface area contributed by atoms with E-state index in [2.05, 4.69) is 6.07 Å². The molecule has 0 aliphatic carbocycles. The first-order chi connectivity index (χ1) is 10.3. The molecule has 1 aliphatic heterocycles. The number of rotatable bonds is 3. The summed E-state index contributed by atoms with van der Waals surface area (Å²) in [5.74, 6) is -0.279. The molecular formula is C18H14O3. The molecule has 1 heterocycles. The third kappa shape index (κ3) is 2.26. The number of esters is 1. The minimum Gasteiger partial charge on any atom is -0.459 e. The first-order valence-corrected chi connectivity index (χ1v) is 7.02. The van der Waals surface area contributed by atoms with Crippen molar-refractivity contribution in [2.75, 3.05) is 13.2 Å². The second-order valence-corrected chi connectivity index (χ2v) is 5.25. The normalized spacial score (nSPS) is 17.0. The molecule has 0 saturated carbocycles. The van der Waals surface area contributed by atoms with Crippen LogP contribution in [0.3, 0.4) is 0 Å². The minimum absolute atomic E-state index is 0.0789. The molecule has 3 aromatic carbocycles. The van der Waals surface area contributed by atoms with Gasteiger partial charge in [0.1, 0.15) is 12.7 Å². The molecule has 3 nitrogen and oxygen atoms in total. The van der Waals surface area contributed by atoms with Gasteiger partial charge >= 0.3 is 5.97 Å². The smallest absolute Gasteiger partial charge is 0.339 e. The van der Waals surface area contributed by atoms with Crippen LogP contribution in [0, 0.1) is 0 Å². The van der Waals surface area contributed by atoms with E-state index in [1.165, 1.54) is 0 Å². The average molecular weight is 278 g/mol. The Morgan fingerprint density at radius 3 is 2.19 bits per heavy atom. The number of fused-ring (bicyclic) bond motifs is 2. The predicted molar refractivity (Wildman–Crippen MR) is 81.5 cm³/mol. The molecule has 0 bridgehead atoms. The number of carbonyl (C=O) groups is 1. The Balaban J connectivity index is 1.90. The summed E-state index contributed by atoms with van der Waals surface area (Å²) < 4.78 is 10.5. The van der Waals surface area contributed by atoms with Crippen LogP contribution in [0.25, 0.3) is 21.5 Å². The third-order valence-corrected chi connectivity index (χ3v) is 3.78. The molecule has 1 saturated heterocycles. The van der Waals surface area contributed by atoms with Gasteiger partial charge in [-0.3, -0.25) is 0 Å². The first-order valence-electron chi connectivity index (χ1n) is 7.02. The van der Waals surface area contributed by atoms with E-state index in [-0.39, 0.29) is 12.1 Å². The van der Waals surface area contributed by atoms with Gasteiger partial charge in [0.15, 0.2) is 0 Å². The number of benzene rings is 3. The lowest BCUT2D eigenvalue weighted by atomic mass is 9.97. The molecule has 0 spiro atoms. The highest BCUT2D eigenvalue weighted by Crippen LogP contribution is 2.29. The summed E-state index contributed by atoms with van der Waals surface area (Å²) in [4.78, 5) is 12.5. The van der Waals surface area contributed by atoms with Crippen molar-refractivity contribution >= 4 is 27.5 Å². The Hall–Kier alpha value is -2.39. The van der Waals surface area contributed by atoms with Crippen LogP contribution >= 0.6 is 0 Å². The van der Waals surface area contributed by atoms with Gasteiger partial charge in [0.25, 0.3) is 0 Å². The molecule has 1 unspecified atom stereocenters. The molecule has 3 aromatic rings. The summed E-state index contributed by atoms with van der Waals surface area (Å²) in [6, 6.07) is 17.9. The quantitative estimate of drug-likeness (QED) is 0.418. The van der Waals surface area contributed by atoms with E-state index < -0.39 is 0 Å². The van der Waals surface area contributed by atoms with Gasteiger partial charge in [-0.15, -0.1) is 0 Å². The number of ether oxygens (including phenoxy) is 2. The molecule has 0 N–H and O–H groups in total. The van der Waals surface area contributed by atoms with E-state index in [1.807, 2.05) is 48.5 Å². The van der Waals surface area contributed by atoms with Gasteiger partial charge in [-0.25, -0.2) is 4.79 Å². The molecule has 1 fully saturated rings. The fourth-order valence-corrected chi connectivity index (χ4v) is 2.64. The highest BCUT2D eigenvalue weighted by Gasteiger charge is 2.25. The van der Waals surface area contributed by atoms with Gasteiger partial charge in [0, 0.05) is 0 Å². The number of hydrogen-bond donors (Lipinski definition) is 0. The molecule has 21 heavy (non-hydrogen) atoms. The van der Waals surface area contributed by atoms with Crippen molar-refractivity contribution in [3.63, 3.8) is 0 Å². The zero-order chi connectivity index (χ0) is 14.2. The summed E-state index contributed by atoms with van der Waals surface area (Å²) in [5, 5.41) is 3.95. The number of epoxide rings is 1. The zero-order valence-electron chi connectivity index (χ0n) is 11.4. The number of hydrogen-bond acceptors (Lipinski definition) is 3. The summed E-state index contributed by atoms with van der Waals surface area (Å²) in [6.45, 7) is 1.01. The van der Waals surface area contributed by atoms with E-state index in [4.69, 9.17) is 9.47 Å². The van der Waals surface area contributed by atoms with E-state index in [9.17, 15) is 4.79 Å². The third-order valence-electron chi connectivity index (χ3n) is 3.78. The van der Waals surface area contributed by atoms with Crippen LogP contribution in [-0.2, 0) is 9.47 Å². The monoisotopic (exact) mass is 278 g/mol. The van der Waals surface area contributed by atoms with Crippen molar-refractivity contribution in [3.05, 3.63) is 60.2 Å². The van der Waals surface area contributed by atoms with Crippen molar-refractivity contribution in [1.82, 2.24) is 0 Å². The minimum atomic E-state index is -0.279. The van der Waals surface area contributed by atoms with Gasteiger partial charge in [-0.1, -0.05) is 48.5 Å². The zero-order valence-corrected chi connectivity index (χ0v) is 11.4. The van der Waals surface area contributed by atoms with E-state index in [0.29, 0.717) is 18.8 Å². The lowest BCUT2D eigenvalue weighted by molar-refractivity contribution is 0.0481. The standard InChI is InChI=1S/C18H14O3/c19-18(21-11-14-10-20-14)17-15-7-3-1-5-12(15)9-13-6-2-4-8-16(13)17/h1-9,14H,10-11H2. The van der Waals surface area contributed by atoms with E-state index in [1.54, 1.807) is 0 Å². The molecule has 0 radical (unpaired) electrons. The van der Waals surface area contributed by atoms with Crippen molar-refractivity contribution in [2.24, 2.45) is 0 Å². The van der Waals surface area contributed by atoms with Crippen molar-refractivity contribution < 1.29 is 14.3 Å². The van der Waals surface area contributed by atoms with Gasteiger partial charge < -0.3 is 9.47 Å². The van der Waals surface area contributed by atoms with Gasteiger partial charge in [0.2, 0.25) is 0 Å². The maximum atomic E-state index is 12.5. The fraction of sp³-hybridized carbons (Fsp3) is 0.167. The van der Waals surface area contributed by atoms with Crippen LogP contribution < -0.4 is 0 Å². The summed E-state index contributed by atoms with van der Waals surface area (Å²) in [6.07, 6.45) is 0.0789. The maximum Gasteiger partial charge on any atom is 0.339 e. The molecule has 1 atom stereocenters. The highest BCUT2D eigenvalue weighted by molar-refractivity contribution is 6.16. The lowest BCUT2D eigenvalue weighted by Crippen LogP contribution is -2.11. The SMILES string of the molecule is O=C(OCC1CO1)c1c2ccccc2cc2ccccc12. The molecule has 0 amide bonds. The van der Waals surface area contributed by atoms with Crippen LogP contribution in [0.2, 0.25) is 0 Å². The summed E-state index contributed by atoms with van der Waals surface area (Å²) in [5.41, 5.74) is 0.643. The average Bonchev–Trinajstić information content (AvgIpc) is 3.34. The van der Waals surface area contributed by atoms with Gasteiger partial charge in [-0.05, 0) is 27.6 Å². The van der Waals surface area contributed by atoms with E-state index in [0.717, 1.165) is 21.5 Å². The van der Waals surface area contributed by atoms with Crippen molar-refractivity contribution in [1.29, 1.82) is 0 Å². The maximum absolute atomic E-state index is 12.5. The summed E-state index contributed by atoms with van der Waals surface area (Å²) in [7, 11) is 0. The second kappa shape index (κ2) is 4.86. The van der Waals surface area contributed by atoms with E-state index >= 15 is 0 Å². The van der Waals surface area contributed by atoms with Crippen LogP contribution in [0.4, 0.5) is 0 Å². The van der Waals surface area contributed by atoms with Gasteiger partial charge in [-0.2, -0.15) is 0 Å². The molecule has 4 rings (SSSR count). The second-order valence-electron chi connectivity index (χ2n) is 5.25. The Morgan fingerprint density at radius 2 is 1.62 bits per heavy atom. The predicted octanol–water partition coefficient (Wildman–Crippen LogP) is 3.55. The lowest BCUT2D eigenvalue weighted by Gasteiger charge is -2.10. The van der Waals surface area contributed by atoms with Crippen LogP contribution in [0.15, 0.2) is 54.6 Å². The topological polar surface area (TPSA) is 38.8 Å². The van der Waals surface area contributed by atoms with Gasteiger partial charge in [0.05, 0.1) is 12.2 Å². The van der Waals surface area contributed by atoms with Crippen LogP contribution in [0.5, 0.6) is 0 Å². The molecule has 104 valence electrons. The molecule has 3 heteroatoms. The Morgan fingerprint density at radius 1 is 1.05 bits per heavy atom. The fourth-order valence-electron chi connectivity index (χ4n) is 2.64.